The van der Waals surface area contributed by atoms with E-state index in [0.29, 0.717) is 0 Å². The molecule has 21 heavy (non-hydrogen) atoms. The van der Waals surface area contributed by atoms with Crippen molar-refractivity contribution < 1.29 is 0 Å². The Bertz CT molecular complexity index is 438. The van der Waals surface area contributed by atoms with Crippen LogP contribution in [0.1, 0.15) is 31.2 Å². The number of hydrogen-bond donors (Lipinski definition) is 1. The Morgan fingerprint density at radius 1 is 1.19 bits per heavy atom. The smallest absolute Gasteiger partial charge is 0.131 e. The quantitative estimate of drug-likeness (QED) is 0.797. The van der Waals surface area contributed by atoms with Crippen molar-refractivity contribution in [2.75, 3.05) is 44.2 Å². The van der Waals surface area contributed by atoms with Crippen LogP contribution in [0.3, 0.4) is 0 Å². The van der Waals surface area contributed by atoms with Crippen molar-refractivity contribution in [2.45, 2.75) is 32.6 Å². The molecule has 0 unspecified atom stereocenters. The molecule has 1 saturated heterocycles. The number of halogens is 1. The molecule has 0 aromatic carbocycles. The van der Waals surface area contributed by atoms with Gasteiger partial charge in [-0.05, 0) is 73.4 Å². The minimum Gasteiger partial charge on any atom is -0.355 e. The molecule has 1 aliphatic rings. The SMILES string of the molecule is Cc1cc(Br)cnc1N1CCCN(CCCCCN)CC1. The van der Waals surface area contributed by atoms with E-state index in [2.05, 4.69) is 43.7 Å². The lowest BCUT2D eigenvalue weighted by molar-refractivity contribution is 0.286. The van der Waals surface area contributed by atoms with Crippen LogP contribution in [0.25, 0.3) is 0 Å². The monoisotopic (exact) mass is 354 g/mol. The first kappa shape index (κ1) is 16.7. The zero-order valence-corrected chi connectivity index (χ0v) is 14.6. The van der Waals surface area contributed by atoms with Gasteiger partial charge in [0.25, 0.3) is 0 Å². The van der Waals surface area contributed by atoms with Crippen molar-refractivity contribution in [1.82, 2.24) is 9.88 Å². The van der Waals surface area contributed by atoms with E-state index >= 15 is 0 Å². The zero-order chi connectivity index (χ0) is 15.1. The number of nitrogens with zero attached hydrogens (tertiary/aromatic N) is 3. The summed E-state index contributed by atoms with van der Waals surface area (Å²) in [6.45, 7) is 8.70. The molecular weight excluding hydrogens is 328 g/mol. The Kier molecular flexibility index (Phi) is 6.93. The van der Waals surface area contributed by atoms with Crippen LogP contribution in [0.2, 0.25) is 0 Å². The van der Waals surface area contributed by atoms with Crippen molar-refractivity contribution in [3.8, 4) is 0 Å². The van der Waals surface area contributed by atoms with Gasteiger partial charge in [0.15, 0.2) is 0 Å². The predicted octanol–water partition coefficient (Wildman–Crippen LogP) is 2.79. The molecule has 5 heteroatoms. The third-order valence-electron chi connectivity index (χ3n) is 4.08. The molecule has 2 heterocycles. The summed E-state index contributed by atoms with van der Waals surface area (Å²) in [5.41, 5.74) is 6.80. The van der Waals surface area contributed by atoms with Gasteiger partial charge in [-0.15, -0.1) is 0 Å². The Labute approximate surface area is 136 Å². The maximum absolute atomic E-state index is 5.55. The van der Waals surface area contributed by atoms with Gasteiger partial charge >= 0.3 is 0 Å². The van der Waals surface area contributed by atoms with Crippen molar-refractivity contribution in [1.29, 1.82) is 0 Å². The van der Waals surface area contributed by atoms with Crippen LogP contribution in [-0.4, -0.2) is 49.2 Å². The zero-order valence-electron chi connectivity index (χ0n) is 13.0. The van der Waals surface area contributed by atoms with Crippen LogP contribution >= 0.6 is 15.9 Å². The average molecular weight is 355 g/mol. The van der Waals surface area contributed by atoms with Gasteiger partial charge in [-0.25, -0.2) is 4.98 Å². The summed E-state index contributed by atoms with van der Waals surface area (Å²) in [4.78, 5) is 9.62. The normalized spacial score (nSPS) is 17.0. The van der Waals surface area contributed by atoms with Gasteiger partial charge in [0.05, 0.1) is 0 Å². The second-order valence-corrected chi connectivity index (χ2v) is 6.74. The van der Waals surface area contributed by atoms with E-state index in [-0.39, 0.29) is 0 Å². The number of pyridine rings is 1. The summed E-state index contributed by atoms with van der Waals surface area (Å²) in [6, 6.07) is 2.15. The first-order chi connectivity index (χ1) is 10.2. The number of nitrogens with two attached hydrogens (primary N) is 1. The minimum atomic E-state index is 0.822. The summed E-state index contributed by atoms with van der Waals surface area (Å²) in [5.74, 6) is 1.14. The Hall–Kier alpha value is -0.650. The fourth-order valence-electron chi connectivity index (χ4n) is 2.93. The topological polar surface area (TPSA) is 45.4 Å². The van der Waals surface area contributed by atoms with Crippen molar-refractivity contribution in [2.24, 2.45) is 5.73 Å². The Balaban J connectivity index is 1.85. The fraction of sp³-hybridized carbons (Fsp3) is 0.688. The number of aromatic nitrogens is 1. The van der Waals surface area contributed by atoms with Gasteiger partial charge in [-0.1, -0.05) is 6.42 Å². The van der Waals surface area contributed by atoms with Crippen LogP contribution in [0.4, 0.5) is 5.82 Å². The number of anilines is 1. The highest BCUT2D eigenvalue weighted by Gasteiger charge is 2.17. The van der Waals surface area contributed by atoms with E-state index in [1.54, 1.807) is 0 Å². The van der Waals surface area contributed by atoms with Crippen LogP contribution in [0.15, 0.2) is 16.7 Å². The third kappa shape index (κ3) is 5.24. The van der Waals surface area contributed by atoms with Gasteiger partial charge < -0.3 is 15.5 Å². The molecule has 1 aliphatic heterocycles. The molecule has 0 radical (unpaired) electrons. The van der Waals surface area contributed by atoms with E-state index in [1.807, 2.05) is 6.20 Å². The highest BCUT2D eigenvalue weighted by Crippen LogP contribution is 2.21. The number of hydrogen-bond acceptors (Lipinski definition) is 4. The fourth-order valence-corrected chi connectivity index (χ4v) is 3.37. The average Bonchev–Trinajstić information content (AvgIpc) is 2.69. The van der Waals surface area contributed by atoms with Gasteiger partial charge in [0, 0.05) is 30.3 Å². The highest BCUT2D eigenvalue weighted by molar-refractivity contribution is 9.10. The Morgan fingerprint density at radius 3 is 2.81 bits per heavy atom. The van der Waals surface area contributed by atoms with E-state index in [1.165, 1.54) is 37.9 Å². The second-order valence-electron chi connectivity index (χ2n) is 5.83. The summed E-state index contributed by atoms with van der Waals surface area (Å²) >= 11 is 3.49. The predicted molar refractivity (Wildman–Crippen MR) is 92.8 cm³/mol. The van der Waals surface area contributed by atoms with Crippen LogP contribution in [-0.2, 0) is 0 Å². The van der Waals surface area contributed by atoms with Crippen molar-refractivity contribution in [3.63, 3.8) is 0 Å². The van der Waals surface area contributed by atoms with Crippen LogP contribution in [0.5, 0.6) is 0 Å². The van der Waals surface area contributed by atoms with Gasteiger partial charge in [0.1, 0.15) is 5.82 Å². The lowest BCUT2D eigenvalue weighted by Gasteiger charge is -2.24. The first-order valence-electron chi connectivity index (χ1n) is 8.00. The van der Waals surface area contributed by atoms with Gasteiger partial charge in [-0.3, -0.25) is 0 Å². The maximum atomic E-state index is 5.55. The first-order valence-corrected chi connectivity index (χ1v) is 8.79. The van der Waals surface area contributed by atoms with E-state index in [4.69, 9.17) is 5.73 Å². The molecule has 0 atom stereocenters. The van der Waals surface area contributed by atoms with Crippen LogP contribution < -0.4 is 10.6 Å². The lowest BCUT2D eigenvalue weighted by atomic mass is 10.2. The van der Waals surface area contributed by atoms with Gasteiger partial charge in [0.2, 0.25) is 0 Å². The second kappa shape index (κ2) is 8.71. The molecule has 0 aliphatic carbocycles. The number of rotatable bonds is 6. The molecule has 1 aromatic rings. The third-order valence-corrected chi connectivity index (χ3v) is 4.52. The van der Waals surface area contributed by atoms with Crippen molar-refractivity contribution in [3.05, 3.63) is 22.3 Å². The summed E-state index contributed by atoms with van der Waals surface area (Å²) in [7, 11) is 0. The molecule has 2 rings (SSSR count). The molecule has 0 saturated carbocycles. The van der Waals surface area contributed by atoms with Crippen LogP contribution in [0, 0.1) is 6.92 Å². The van der Waals surface area contributed by atoms with Crippen molar-refractivity contribution >= 4 is 21.7 Å². The largest absolute Gasteiger partial charge is 0.355 e. The van der Waals surface area contributed by atoms with E-state index < -0.39 is 0 Å². The summed E-state index contributed by atoms with van der Waals surface area (Å²) < 4.78 is 1.06. The Morgan fingerprint density at radius 2 is 2.05 bits per heavy atom. The summed E-state index contributed by atoms with van der Waals surface area (Å²) in [5, 5.41) is 0. The van der Waals surface area contributed by atoms with E-state index in [0.717, 1.165) is 42.9 Å². The van der Waals surface area contributed by atoms with E-state index in [9.17, 15) is 0 Å². The number of unbranched alkanes of at least 4 members (excludes halogenated alkanes) is 2. The molecule has 1 fully saturated rings. The number of aryl methyl sites for hydroxylation is 1. The molecule has 1 aromatic heterocycles. The molecule has 0 spiro atoms. The lowest BCUT2D eigenvalue weighted by Crippen LogP contribution is -2.32. The molecular formula is C16H27BrN4. The van der Waals surface area contributed by atoms with Gasteiger partial charge in [-0.2, -0.15) is 0 Å². The molecule has 2 N–H and O–H groups in total. The molecule has 0 bridgehead atoms. The molecule has 0 amide bonds. The minimum absolute atomic E-state index is 0.822. The standard InChI is InChI=1S/C16H27BrN4/c1-14-12-15(17)13-19-16(14)21-9-5-8-20(10-11-21)7-4-2-3-6-18/h12-13H,2-11,18H2,1H3. The summed E-state index contributed by atoms with van der Waals surface area (Å²) in [6.07, 6.45) is 6.80. The highest BCUT2D eigenvalue weighted by atomic mass is 79.9. The maximum Gasteiger partial charge on any atom is 0.131 e. The molecule has 118 valence electrons. The molecule has 4 nitrogen and oxygen atoms in total.